The van der Waals surface area contributed by atoms with Crippen molar-refractivity contribution < 1.29 is 14.0 Å². The van der Waals surface area contributed by atoms with Gasteiger partial charge in [-0.1, -0.05) is 12.1 Å². The van der Waals surface area contributed by atoms with Crippen molar-refractivity contribution in [3.63, 3.8) is 0 Å². The number of carbonyl (C=O) groups is 2. The van der Waals surface area contributed by atoms with Crippen LogP contribution in [0.3, 0.4) is 0 Å². The maximum absolute atomic E-state index is 12.7. The molecule has 0 atom stereocenters. The molecule has 0 aliphatic heterocycles. The standard InChI is InChI=1S/C10H11FN2O2/c11-8-3-1-2-7(6-8)4-5-13-10(15)9(12)14/h1-3,6H,4-5H2,(H2,12,14)(H,13,15). The van der Waals surface area contributed by atoms with Crippen molar-refractivity contribution in [1.82, 2.24) is 5.32 Å². The summed E-state index contributed by atoms with van der Waals surface area (Å²) in [7, 11) is 0. The maximum Gasteiger partial charge on any atom is 0.309 e. The van der Waals surface area contributed by atoms with E-state index in [9.17, 15) is 14.0 Å². The van der Waals surface area contributed by atoms with Gasteiger partial charge in [-0.2, -0.15) is 0 Å². The van der Waals surface area contributed by atoms with Crippen LogP contribution in [0.25, 0.3) is 0 Å². The molecule has 2 amide bonds. The average Bonchev–Trinajstić information content (AvgIpc) is 2.17. The van der Waals surface area contributed by atoms with Crippen LogP contribution in [0.1, 0.15) is 5.56 Å². The molecule has 15 heavy (non-hydrogen) atoms. The third-order valence-electron chi connectivity index (χ3n) is 1.81. The van der Waals surface area contributed by atoms with Gasteiger partial charge in [0.15, 0.2) is 0 Å². The van der Waals surface area contributed by atoms with Gasteiger partial charge in [-0.3, -0.25) is 9.59 Å². The number of nitrogens with two attached hydrogens (primary N) is 1. The number of rotatable bonds is 3. The molecule has 0 unspecified atom stereocenters. The lowest BCUT2D eigenvalue weighted by molar-refractivity contribution is -0.137. The van der Waals surface area contributed by atoms with E-state index in [1.165, 1.54) is 12.1 Å². The van der Waals surface area contributed by atoms with Gasteiger partial charge in [0.05, 0.1) is 0 Å². The van der Waals surface area contributed by atoms with E-state index in [4.69, 9.17) is 5.73 Å². The van der Waals surface area contributed by atoms with Crippen LogP contribution in [0.2, 0.25) is 0 Å². The maximum atomic E-state index is 12.7. The molecule has 0 fully saturated rings. The van der Waals surface area contributed by atoms with Crippen LogP contribution < -0.4 is 11.1 Å². The molecule has 0 bridgehead atoms. The highest BCUT2D eigenvalue weighted by atomic mass is 19.1. The minimum Gasteiger partial charge on any atom is -0.361 e. The lowest BCUT2D eigenvalue weighted by Gasteiger charge is -2.02. The van der Waals surface area contributed by atoms with Crippen LogP contribution in [0.4, 0.5) is 4.39 Å². The Morgan fingerprint density at radius 1 is 1.40 bits per heavy atom. The van der Waals surface area contributed by atoms with Gasteiger partial charge in [-0.05, 0) is 24.1 Å². The fourth-order valence-electron chi connectivity index (χ4n) is 1.10. The summed E-state index contributed by atoms with van der Waals surface area (Å²) in [5.41, 5.74) is 5.48. The Bertz CT molecular complexity index is 379. The van der Waals surface area contributed by atoms with Crippen molar-refractivity contribution in [3.8, 4) is 0 Å². The Hall–Kier alpha value is -1.91. The van der Waals surface area contributed by atoms with Gasteiger partial charge >= 0.3 is 11.8 Å². The second kappa shape index (κ2) is 5.09. The highest BCUT2D eigenvalue weighted by Crippen LogP contribution is 2.03. The van der Waals surface area contributed by atoms with E-state index in [-0.39, 0.29) is 12.4 Å². The smallest absolute Gasteiger partial charge is 0.309 e. The van der Waals surface area contributed by atoms with Crippen LogP contribution in [0.15, 0.2) is 24.3 Å². The van der Waals surface area contributed by atoms with E-state index in [0.29, 0.717) is 6.42 Å². The molecule has 5 heteroatoms. The number of primary amides is 1. The first-order chi connectivity index (χ1) is 7.09. The van der Waals surface area contributed by atoms with Crippen molar-refractivity contribution >= 4 is 11.8 Å². The fraction of sp³-hybridized carbons (Fsp3) is 0.200. The molecule has 1 aromatic rings. The van der Waals surface area contributed by atoms with Gasteiger partial charge in [0.25, 0.3) is 0 Å². The van der Waals surface area contributed by atoms with E-state index in [1.54, 1.807) is 12.1 Å². The molecule has 4 nitrogen and oxygen atoms in total. The van der Waals surface area contributed by atoms with Crippen molar-refractivity contribution in [2.75, 3.05) is 6.54 Å². The molecule has 0 aliphatic carbocycles. The molecule has 0 aromatic heterocycles. The number of hydrogen-bond acceptors (Lipinski definition) is 2. The predicted molar refractivity (Wildman–Crippen MR) is 52.3 cm³/mol. The fourth-order valence-corrected chi connectivity index (χ4v) is 1.10. The highest BCUT2D eigenvalue weighted by molar-refractivity contribution is 6.34. The molecule has 80 valence electrons. The quantitative estimate of drug-likeness (QED) is 0.687. The normalized spacial score (nSPS) is 9.67. The summed E-state index contributed by atoms with van der Waals surface area (Å²) in [5.74, 6) is -2.17. The van der Waals surface area contributed by atoms with Crippen LogP contribution in [0.5, 0.6) is 0 Å². The molecule has 0 saturated heterocycles. The minimum atomic E-state index is -1.02. The average molecular weight is 210 g/mol. The Labute approximate surface area is 86.3 Å². The molecule has 1 rings (SSSR count). The predicted octanol–water partition coefficient (Wildman–Crippen LogP) is -0.0303. The summed E-state index contributed by atoms with van der Waals surface area (Å²) in [4.78, 5) is 21.1. The van der Waals surface area contributed by atoms with E-state index >= 15 is 0 Å². The van der Waals surface area contributed by atoms with Gasteiger partial charge in [0, 0.05) is 6.54 Å². The molecular weight excluding hydrogens is 199 g/mol. The molecule has 0 saturated carbocycles. The van der Waals surface area contributed by atoms with E-state index in [1.807, 2.05) is 0 Å². The van der Waals surface area contributed by atoms with E-state index in [2.05, 4.69) is 5.32 Å². The molecule has 0 aliphatic rings. The Balaban J connectivity index is 2.38. The number of carbonyl (C=O) groups excluding carboxylic acids is 2. The van der Waals surface area contributed by atoms with E-state index < -0.39 is 11.8 Å². The van der Waals surface area contributed by atoms with Crippen molar-refractivity contribution in [2.45, 2.75) is 6.42 Å². The van der Waals surface area contributed by atoms with Crippen LogP contribution in [0, 0.1) is 5.82 Å². The number of benzene rings is 1. The SMILES string of the molecule is NC(=O)C(=O)NCCc1cccc(F)c1. The van der Waals surface area contributed by atoms with Crippen LogP contribution in [-0.4, -0.2) is 18.4 Å². The van der Waals surface area contributed by atoms with Crippen LogP contribution >= 0.6 is 0 Å². The summed E-state index contributed by atoms with van der Waals surface area (Å²) in [5, 5.41) is 2.31. The summed E-state index contributed by atoms with van der Waals surface area (Å²) in [6.45, 7) is 0.255. The molecule has 0 heterocycles. The lowest BCUT2D eigenvalue weighted by atomic mass is 10.1. The van der Waals surface area contributed by atoms with Crippen molar-refractivity contribution in [2.24, 2.45) is 5.73 Å². The number of amides is 2. The zero-order chi connectivity index (χ0) is 11.3. The summed E-state index contributed by atoms with van der Waals surface area (Å²) in [6.07, 6.45) is 0.455. The Morgan fingerprint density at radius 2 is 2.13 bits per heavy atom. The first kappa shape index (κ1) is 11.2. The number of nitrogens with one attached hydrogen (secondary N) is 1. The molecular formula is C10H11FN2O2. The van der Waals surface area contributed by atoms with Crippen molar-refractivity contribution in [3.05, 3.63) is 35.6 Å². The first-order valence-corrected chi connectivity index (χ1v) is 4.41. The highest BCUT2D eigenvalue weighted by Gasteiger charge is 2.06. The molecule has 0 spiro atoms. The van der Waals surface area contributed by atoms with Gasteiger partial charge < -0.3 is 11.1 Å². The third kappa shape index (κ3) is 3.76. The summed E-state index contributed by atoms with van der Waals surface area (Å²) in [6, 6.07) is 6.03. The molecule has 0 radical (unpaired) electrons. The van der Waals surface area contributed by atoms with Gasteiger partial charge in [0.2, 0.25) is 0 Å². The summed E-state index contributed by atoms with van der Waals surface area (Å²) < 4.78 is 12.7. The second-order valence-corrected chi connectivity index (χ2v) is 3.00. The largest absolute Gasteiger partial charge is 0.361 e. The monoisotopic (exact) mass is 210 g/mol. The summed E-state index contributed by atoms with van der Waals surface area (Å²) >= 11 is 0. The van der Waals surface area contributed by atoms with Crippen LogP contribution in [-0.2, 0) is 16.0 Å². The molecule has 3 N–H and O–H groups in total. The Morgan fingerprint density at radius 3 is 2.73 bits per heavy atom. The van der Waals surface area contributed by atoms with E-state index in [0.717, 1.165) is 5.56 Å². The topological polar surface area (TPSA) is 72.2 Å². The third-order valence-corrected chi connectivity index (χ3v) is 1.81. The first-order valence-electron chi connectivity index (χ1n) is 4.41. The van der Waals surface area contributed by atoms with Gasteiger partial charge in [-0.15, -0.1) is 0 Å². The minimum absolute atomic E-state index is 0.255. The zero-order valence-corrected chi connectivity index (χ0v) is 8.00. The zero-order valence-electron chi connectivity index (χ0n) is 8.00. The number of halogens is 1. The Kier molecular flexibility index (Phi) is 3.79. The van der Waals surface area contributed by atoms with Gasteiger partial charge in [-0.25, -0.2) is 4.39 Å². The van der Waals surface area contributed by atoms with Gasteiger partial charge in [0.1, 0.15) is 5.82 Å². The lowest BCUT2D eigenvalue weighted by Crippen LogP contribution is -2.37. The molecule has 1 aromatic carbocycles. The second-order valence-electron chi connectivity index (χ2n) is 3.00. The number of hydrogen-bond donors (Lipinski definition) is 2. The van der Waals surface area contributed by atoms with Crippen molar-refractivity contribution in [1.29, 1.82) is 0 Å².